The first-order valence-corrected chi connectivity index (χ1v) is 7.08. The highest BCUT2D eigenvalue weighted by Gasteiger charge is 2.10. The van der Waals surface area contributed by atoms with E-state index in [1.54, 1.807) is 0 Å². The fourth-order valence-electron chi connectivity index (χ4n) is 2.48. The Labute approximate surface area is 123 Å². The maximum absolute atomic E-state index is 12.3. The summed E-state index contributed by atoms with van der Waals surface area (Å²) in [5.74, 6) is 0.968. The summed E-state index contributed by atoms with van der Waals surface area (Å²) in [6.45, 7) is 2.94. The van der Waals surface area contributed by atoms with Gasteiger partial charge >= 0.3 is 0 Å². The van der Waals surface area contributed by atoms with Crippen molar-refractivity contribution in [2.75, 3.05) is 6.61 Å². The zero-order valence-corrected chi connectivity index (χ0v) is 12.0. The minimum Gasteiger partial charge on any atom is -0.493 e. The van der Waals surface area contributed by atoms with Crippen LogP contribution in [-0.2, 0) is 6.54 Å². The molecule has 0 spiro atoms. The molecule has 0 saturated heterocycles. The Kier molecular flexibility index (Phi) is 3.73. The molecule has 0 aliphatic carbocycles. The lowest BCUT2D eigenvalue weighted by Gasteiger charge is -2.07. The Morgan fingerprint density at radius 2 is 1.86 bits per heavy atom. The summed E-state index contributed by atoms with van der Waals surface area (Å²) in [6.07, 6.45) is 1.94. The minimum absolute atomic E-state index is 0.106. The number of nitrogens with zero attached hydrogens (tertiary/aromatic N) is 1. The van der Waals surface area contributed by atoms with Crippen molar-refractivity contribution in [1.29, 1.82) is 0 Å². The summed E-state index contributed by atoms with van der Waals surface area (Å²) < 4.78 is 7.59. The van der Waals surface area contributed by atoms with Gasteiger partial charge in [0.1, 0.15) is 5.75 Å². The highest BCUT2D eigenvalue weighted by molar-refractivity contribution is 5.97. The molecule has 106 valence electrons. The molecule has 0 amide bonds. The molecule has 0 radical (unpaired) electrons. The third-order valence-electron chi connectivity index (χ3n) is 3.48. The molecular formula is C18H17NO2. The number of hydrogen-bond acceptors (Lipinski definition) is 2. The van der Waals surface area contributed by atoms with Crippen LogP contribution in [0.5, 0.6) is 5.75 Å². The standard InChI is InChI=1S/C18H17NO2/c1-2-21-18-10-6-9-16-15(18)11-12-19(16)13-17(20)14-7-4-3-5-8-14/h3-12H,2,13H2,1H3. The number of carbonyl (C=O) groups is 1. The molecule has 21 heavy (non-hydrogen) atoms. The number of ketones is 1. The van der Waals surface area contributed by atoms with Crippen molar-refractivity contribution in [3.05, 3.63) is 66.4 Å². The number of hydrogen-bond donors (Lipinski definition) is 0. The van der Waals surface area contributed by atoms with Gasteiger partial charge < -0.3 is 9.30 Å². The van der Waals surface area contributed by atoms with Gasteiger partial charge in [-0.05, 0) is 25.1 Å². The molecule has 0 bridgehead atoms. The third kappa shape index (κ3) is 2.68. The van der Waals surface area contributed by atoms with Crippen molar-refractivity contribution in [3.8, 4) is 5.75 Å². The van der Waals surface area contributed by atoms with Crippen molar-refractivity contribution in [3.63, 3.8) is 0 Å². The molecule has 3 heteroatoms. The van der Waals surface area contributed by atoms with Crippen molar-refractivity contribution in [1.82, 2.24) is 4.57 Å². The van der Waals surface area contributed by atoms with Gasteiger partial charge in [0.2, 0.25) is 0 Å². The first-order chi connectivity index (χ1) is 10.3. The lowest BCUT2D eigenvalue weighted by molar-refractivity contribution is 0.0973. The minimum atomic E-state index is 0.106. The first kappa shape index (κ1) is 13.4. The molecule has 0 unspecified atom stereocenters. The van der Waals surface area contributed by atoms with E-state index in [0.29, 0.717) is 13.2 Å². The SMILES string of the molecule is CCOc1cccc2c1ccn2CC(=O)c1ccccc1. The highest BCUT2D eigenvalue weighted by Crippen LogP contribution is 2.26. The van der Waals surface area contributed by atoms with Crippen LogP contribution in [0, 0.1) is 0 Å². The third-order valence-corrected chi connectivity index (χ3v) is 3.48. The van der Waals surface area contributed by atoms with Crippen molar-refractivity contribution in [2.45, 2.75) is 13.5 Å². The van der Waals surface area contributed by atoms with Crippen LogP contribution >= 0.6 is 0 Å². The molecule has 3 nitrogen and oxygen atoms in total. The second kappa shape index (κ2) is 5.83. The Bertz CT molecular complexity index is 759. The van der Waals surface area contributed by atoms with Gasteiger partial charge in [-0.3, -0.25) is 4.79 Å². The average Bonchev–Trinajstić information content (AvgIpc) is 2.93. The van der Waals surface area contributed by atoms with E-state index in [1.807, 2.05) is 72.3 Å². The molecule has 3 aromatic rings. The topological polar surface area (TPSA) is 31.2 Å². The lowest BCUT2D eigenvalue weighted by atomic mass is 10.1. The van der Waals surface area contributed by atoms with Crippen LogP contribution in [0.25, 0.3) is 10.9 Å². The summed E-state index contributed by atoms with van der Waals surface area (Å²) in [5.41, 5.74) is 1.76. The fourth-order valence-corrected chi connectivity index (χ4v) is 2.48. The molecular weight excluding hydrogens is 262 g/mol. The van der Waals surface area contributed by atoms with Crippen LogP contribution in [0.1, 0.15) is 17.3 Å². The predicted molar refractivity (Wildman–Crippen MR) is 83.9 cm³/mol. The summed E-state index contributed by atoms with van der Waals surface area (Å²) in [7, 11) is 0. The number of aromatic nitrogens is 1. The fraction of sp³-hybridized carbons (Fsp3) is 0.167. The molecule has 1 aromatic heterocycles. The zero-order valence-electron chi connectivity index (χ0n) is 12.0. The highest BCUT2D eigenvalue weighted by atomic mass is 16.5. The first-order valence-electron chi connectivity index (χ1n) is 7.08. The smallest absolute Gasteiger partial charge is 0.182 e. The summed E-state index contributed by atoms with van der Waals surface area (Å²) in [5, 5.41) is 1.04. The molecule has 3 rings (SSSR count). The number of ether oxygens (including phenoxy) is 1. The van der Waals surface area contributed by atoms with Crippen molar-refractivity contribution >= 4 is 16.7 Å². The van der Waals surface area contributed by atoms with E-state index < -0.39 is 0 Å². The molecule has 0 aliphatic heterocycles. The lowest BCUT2D eigenvalue weighted by Crippen LogP contribution is -2.09. The van der Waals surface area contributed by atoms with Crippen LogP contribution in [-0.4, -0.2) is 17.0 Å². The van der Waals surface area contributed by atoms with Gasteiger partial charge in [0.25, 0.3) is 0 Å². The predicted octanol–water partition coefficient (Wildman–Crippen LogP) is 3.92. The number of carbonyl (C=O) groups excluding carboxylic acids is 1. The molecule has 0 aliphatic rings. The van der Waals surface area contributed by atoms with Gasteiger partial charge in [0.15, 0.2) is 5.78 Å². The molecule has 2 aromatic carbocycles. The number of Topliss-reactive ketones (excluding diaryl/α,β-unsaturated/α-hetero) is 1. The molecule has 0 saturated carbocycles. The van der Waals surface area contributed by atoms with E-state index in [4.69, 9.17) is 4.74 Å². The maximum atomic E-state index is 12.3. The maximum Gasteiger partial charge on any atom is 0.182 e. The van der Waals surface area contributed by atoms with Crippen LogP contribution in [0.15, 0.2) is 60.8 Å². The number of benzene rings is 2. The Morgan fingerprint density at radius 1 is 1.05 bits per heavy atom. The largest absolute Gasteiger partial charge is 0.493 e. The van der Waals surface area contributed by atoms with E-state index in [9.17, 15) is 4.79 Å². The second-order valence-corrected chi connectivity index (χ2v) is 4.85. The average molecular weight is 279 g/mol. The summed E-state index contributed by atoms with van der Waals surface area (Å²) >= 11 is 0. The Morgan fingerprint density at radius 3 is 2.62 bits per heavy atom. The van der Waals surface area contributed by atoms with Crippen LogP contribution < -0.4 is 4.74 Å². The summed E-state index contributed by atoms with van der Waals surface area (Å²) in [6, 6.07) is 17.3. The van der Waals surface area contributed by atoms with E-state index in [-0.39, 0.29) is 5.78 Å². The van der Waals surface area contributed by atoms with Crippen molar-refractivity contribution in [2.24, 2.45) is 0 Å². The number of fused-ring (bicyclic) bond motifs is 1. The van der Waals surface area contributed by atoms with Gasteiger partial charge in [-0.2, -0.15) is 0 Å². The Hall–Kier alpha value is -2.55. The zero-order chi connectivity index (χ0) is 14.7. The monoisotopic (exact) mass is 279 g/mol. The second-order valence-electron chi connectivity index (χ2n) is 4.85. The van der Waals surface area contributed by atoms with E-state index in [0.717, 1.165) is 22.2 Å². The van der Waals surface area contributed by atoms with Crippen LogP contribution in [0.4, 0.5) is 0 Å². The molecule has 0 atom stereocenters. The summed E-state index contributed by atoms with van der Waals surface area (Å²) in [4.78, 5) is 12.3. The van der Waals surface area contributed by atoms with Gasteiger partial charge in [0.05, 0.1) is 18.7 Å². The molecule has 0 N–H and O–H groups in total. The van der Waals surface area contributed by atoms with Gasteiger partial charge in [-0.1, -0.05) is 36.4 Å². The van der Waals surface area contributed by atoms with Crippen LogP contribution in [0.3, 0.4) is 0 Å². The quantitative estimate of drug-likeness (QED) is 0.663. The van der Waals surface area contributed by atoms with Gasteiger partial charge in [-0.25, -0.2) is 0 Å². The van der Waals surface area contributed by atoms with E-state index in [1.165, 1.54) is 0 Å². The van der Waals surface area contributed by atoms with Gasteiger partial charge in [0, 0.05) is 17.1 Å². The molecule has 1 heterocycles. The van der Waals surface area contributed by atoms with Gasteiger partial charge in [-0.15, -0.1) is 0 Å². The van der Waals surface area contributed by atoms with E-state index >= 15 is 0 Å². The molecule has 0 fully saturated rings. The number of rotatable bonds is 5. The van der Waals surface area contributed by atoms with Crippen molar-refractivity contribution < 1.29 is 9.53 Å². The normalized spacial score (nSPS) is 10.7. The van der Waals surface area contributed by atoms with E-state index in [2.05, 4.69) is 0 Å². The van der Waals surface area contributed by atoms with Crippen LogP contribution in [0.2, 0.25) is 0 Å². The Balaban J connectivity index is 1.91.